The van der Waals surface area contributed by atoms with Gasteiger partial charge in [-0.25, -0.2) is 0 Å². The van der Waals surface area contributed by atoms with Crippen molar-refractivity contribution < 1.29 is 9.53 Å². The predicted molar refractivity (Wildman–Crippen MR) is 113 cm³/mol. The van der Waals surface area contributed by atoms with E-state index < -0.39 is 0 Å². The van der Waals surface area contributed by atoms with Gasteiger partial charge in [-0.3, -0.25) is 4.79 Å². The fourth-order valence-electron chi connectivity index (χ4n) is 3.99. The normalized spacial score (nSPS) is 16.2. The lowest BCUT2D eigenvalue weighted by atomic mass is 9.87. The molecule has 0 fully saturated rings. The predicted octanol–water partition coefficient (Wildman–Crippen LogP) is 5.01. The Morgan fingerprint density at radius 2 is 2.00 bits per heavy atom. The average Bonchev–Trinajstić information content (AvgIpc) is 3.03. The fraction of sp³-hybridized carbons (Fsp3) is 0.375. The van der Waals surface area contributed by atoms with Gasteiger partial charge in [0.25, 0.3) is 5.91 Å². The van der Waals surface area contributed by atoms with Crippen molar-refractivity contribution in [2.24, 2.45) is 5.92 Å². The van der Waals surface area contributed by atoms with Crippen LogP contribution in [0.5, 0.6) is 5.75 Å². The standard InChI is InChI=1S/C24H28N2O2/c1-15(2)28-19-8-6-18(7-9-19)24(27)25-14-17-5-11-23-21(13-17)20-12-16(3)4-10-22(20)26-23/h5-9,11,13,15-16,26H,4,10,12,14H2,1-3H3,(H,25,27)/t16-/m0/s1. The summed E-state index contributed by atoms with van der Waals surface area (Å²) in [6.07, 6.45) is 3.64. The second-order valence-electron chi connectivity index (χ2n) is 8.18. The van der Waals surface area contributed by atoms with Crippen LogP contribution in [-0.4, -0.2) is 17.0 Å². The second kappa shape index (κ2) is 7.70. The summed E-state index contributed by atoms with van der Waals surface area (Å²) in [6.45, 7) is 6.82. The zero-order chi connectivity index (χ0) is 19.7. The molecule has 1 aliphatic rings. The van der Waals surface area contributed by atoms with Gasteiger partial charge in [0, 0.05) is 28.7 Å². The van der Waals surface area contributed by atoms with Gasteiger partial charge in [0.2, 0.25) is 0 Å². The molecule has 1 atom stereocenters. The highest BCUT2D eigenvalue weighted by atomic mass is 16.5. The topological polar surface area (TPSA) is 54.1 Å². The van der Waals surface area contributed by atoms with E-state index in [1.165, 1.54) is 28.6 Å². The van der Waals surface area contributed by atoms with Crippen LogP contribution in [0.15, 0.2) is 42.5 Å². The molecule has 1 amide bonds. The van der Waals surface area contributed by atoms with Gasteiger partial charge in [-0.2, -0.15) is 0 Å². The number of nitrogens with one attached hydrogen (secondary N) is 2. The first-order valence-electron chi connectivity index (χ1n) is 10.2. The minimum atomic E-state index is -0.0686. The van der Waals surface area contributed by atoms with Gasteiger partial charge in [0.15, 0.2) is 0 Å². The summed E-state index contributed by atoms with van der Waals surface area (Å²) in [6, 6.07) is 13.7. The number of aryl methyl sites for hydroxylation is 1. The van der Waals surface area contributed by atoms with Crippen molar-refractivity contribution >= 4 is 16.8 Å². The Labute approximate surface area is 166 Å². The van der Waals surface area contributed by atoms with Crippen molar-refractivity contribution in [3.05, 3.63) is 64.8 Å². The van der Waals surface area contributed by atoms with Crippen LogP contribution < -0.4 is 10.1 Å². The number of carbonyl (C=O) groups is 1. The Hall–Kier alpha value is -2.75. The van der Waals surface area contributed by atoms with Crippen LogP contribution in [0.2, 0.25) is 0 Å². The molecule has 0 saturated carbocycles. The fourth-order valence-corrected chi connectivity index (χ4v) is 3.99. The van der Waals surface area contributed by atoms with E-state index in [4.69, 9.17) is 4.74 Å². The molecular formula is C24H28N2O2. The molecule has 0 aliphatic heterocycles. The Morgan fingerprint density at radius 1 is 1.21 bits per heavy atom. The molecule has 4 rings (SSSR count). The summed E-state index contributed by atoms with van der Waals surface area (Å²) in [5, 5.41) is 4.34. The molecule has 3 aromatic rings. The Balaban J connectivity index is 1.45. The van der Waals surface area contributed by atoms with E-state index in [0.717, 1.165) is 30.1 Å². The number of hydrogen-bond donors (Lipinski definition) is 2. The molecule has 1 aliphatic carbocycles. The summed E-state index contributed by atoms with van der Waals surface area (Å²) in [7, 11) is 0. The maximum atomic E-state index is 12.5. The van der Waals surface area contributed by atoms with Crippen LogP contribution in [0, 0.1) is 5.92 Å². The van der Waals surface area contributed by atoms with Crippen molar-refractivity contribution in [2.45, 2.75) is 52.7 Å². The molecule has 2 N–H and O–H groups in total. The molecular weight excluding hydrogens is 348 g/mol. The largest absolute Gasteiger partial charge is 0.491 e. The first kappa shape index (κ1) is 18.6. The lowest BCUT2D eigenvalue weighted by molar-refractivity contribution is 0.0951. The third kappa shape index (κ3) is 3.91. The summed E-state index contributed by atoms with van der Waals surface area (Å²) < 4.78 is 5.63. The molecule has 1 aromatic heterocycles. The number of ether oxygens (including phenoxy) is 1. The highest BCUT2D eigenvalue weighted by molar-refractivity contribution is 5.94. The maximum Gasteiger partial charge on any atom is 0.251 e. The summed E-state index contributed by atoms with van der Waals surface area (Å²) >= 11 is 0. The van der Waals surface area contributed by atoms with Crippen molar-refractivity contribution in [1.29, 1.82) is 0 Å². The smallest absolute Gasteiger partial charge is 0.251 e. The van der Waals surface area contributed by atoms with Gasteiger partial charge >= 0.3 is 0 Å². The zero-order valence-corrected chi connectivity index (χ0v) is 16.8. The molecule has 0 bridgehead atoms. The number of aromatic nitrogens is 1. The number of hydrogen-bond acceptors (Lipinski definition) is 2. The summed E-state index contributed by atoms with van der Waals surface area (Å²) in [4.78, 5) is 16.1. The summed E-state index contributed by atoms with van der Waals surface area (Å²) in [5.41, 5.74) is 5.82. The van der Waals surface area contributed by atoms with E-state index in [2.05, 4.69) is 35.4 Å². The first-order valence-corrected chi connectivity index (χ1v) is 10.2. The highest BCUT2D eigenvalue weighted by Crippen LogP contribution is 2.32. The van der Waals surface area contributed by atoms with E-state index in [-0.39, 0.29) is 12.0 Å². The minimum Gasteiger partial charge on any atom is -0.491 e. The van der Waals surface area contributed by atoms with E-state index >= 15 is 0 Å². The van der Waals surface area contributed by atoms with E-state index in [1.54, 1.807) is 12.1 Å². The number of H-pyrrole nitrogens is 1. The second-order valence-corrected chi connectivity index (χ2v) is 8.18. The number of rotatable bonds is 5. The Morgan fingerprint density at radius 3 is 2.75 bits per heavy atom. The number of aromatic amines is 1. The van der Waals surface area contributed by atoms with Gasteiger partial charge in [-0.05, 0) is 86.6 Å². The number of amides is 1. The molecule has 146 valence electrons. The Kier molecular flexibility index (Phi) is 5.12. The van der Waals surface area contributed by atoms with Crippen molar-refractivity contribution in [1.82, 2.24) is 10.3 Å². The quantitative estimate of drug-likeness (QED) is 0.658. The molecule has 1 heterocycles. The number of benzene rings is 2. The molecule has 2 aromatic carbocycles. The number of fused-ring (bicyclic) bond motifs is 3. The molecule has 28 heavy (non-hydrogen) atoms. The van der Waals surface area contributed by atoms with Gasteiger partial charge in [0.1, 0.15) is 5.75 Å². The third-order valence-corrected chi connectivity index (χ3v) is 5.44. The molecule has 4 nitrogen and oxygen atoms in total. The van der Waals surface area contributed by atoms with E-state index in [1.807, 2.05) is 26.0 Å². The SMILES string of the molecule is CC(C)Oc1ccc(C(=O)NCc2ccc3[nH]c4c(c3c2)C[C@@H](C)CC4)cc1. The summed E-state index contributed by atoms with van der Waals surface area (Å²) in [5.74, 6) is 1.45. The van der Waals surface area contributed by atoms with Crippen LogP contribution in [0.4, 0.5) is 0 Å². The van der Waals surface area contributed by atoms with Gasteiger partial charge in [-0.1, -0.05) is 13.0 Å². The first-order chi connectivity index (χ1) is 13.5. The number of carbonyl (C=O) groups excluding carboxylic acids is 1. The Bertz CT molecular complexity index is 986. The van der Waals surface area contributed by atoms with Gasteiger partial charge in [0.05, 0.1) is 6.10 Å². The zero-order valence-electron chi connectivity index (χ0n) is 16.8. The van der Waals surface area contributed by atoms with Crippen molar-refractivity contribution in [3.8, 4) is 5.75 Å². The minimum absolute atomic E-state index is 0.0686. The molecule has 0 spiro atoms. The van der Waals surface area contributed by atoms with Crippen LogP contribution in [0.3, 0.4) is 0 Å². The molecule has 0 saturated heterocycles. The molecule has 0 unspecified atom stereocenters. The highest BCUT2D eigenvalue weighted by Gasteiger charge is 2.19. The van der Waals surface area contributed by atoms with Crippen LogP contribution in [-0.2, 0) is 19.4 Å². The van der Waals surface area contributed by atoms with Gasteiger partial charge < -0.3 is 15.0 Å². The van der Waals surface area contributed by atoms with Crippen LogP contribution in [0.1, 0.15) is 54.4 Å². The molecule has 4 heteroatoms. The van der Waals surface area contributed by atoms with Crippen molar-refractivity contribution in [2.75, 3.05) is 0 Å². The maximum absolute atomic E-state index is 12.5. The van der Waals surface area contributed by atoms with Crippen LogP contribution in [0.25, 0.3) is 10.9 Å². The average molecular weight is 377 g/mol. The van der Waals surface area contributed by atoms with Gasteiger partial charge in [-0.15, -0.1) is 0 Å². The van der Waals surface area contributed by atoms with E-state index in [9.17, 15) is 4.79 Å². The third-order valence-electron chi connectivity index (χ3n) is 5.44. The molecule has 0 radical (unpaired) electrons. The van der Waals surface area contributed by atoms with Crippen molar-refractivity contribution in [3.63, 3.8) is 0 Å². The van der Waals surface area contributed by atoms with E-state index in [0.29, 0.717) is 12.1 Å². The van der Waals surface area contributed by atoms with Crippen LogP contribution >= 0.6 is 0 Å². The monoisotopic (exact) mass is 376 g/mol. The lowest BCUT2D eigenvalue weighted by Crippen LogP contribution is -2.22. The lowest BCUT2D eigenvalue weighted by Gasteiger charge is -2.18.